The summed E-state index contributed by atoms with van der Waals surface area (Å²) in [6, 6.07) is 1.97. The number of amides is 1. The highest BCUT2D eigenvalue weighted by atomic mass is 35.5. The molecule has 1 fully saturated rings. The lowest BCUT2D eigenvalue weighted by Crippen LogP contribution is -2.39. The Kier molecular flexibility index (Phi) is 6.02. The maximum absolute atomic E-state index is 12.2. The average Bonchev–Trinajstić information content (AvgIpc) is 3.13. The Morgan fingerprint density at radius 2 is 2.20 bits per heavy atom. The van der Waals surface area contributed by atoms with Gasteiger partial charge in [0.15, 0.2) is 0 Å². The maximum atomic E-state index is 12.2. The van der Waals surface area contributed by atoms with E-state index in [2.05, 4.69) is 24.3 Å². The van der Waals surface area contributed by atoms with Crippen LogP contribution in [0, 0.1) is 5.92 Å². The van der Waals surface area contributed by atoms with Crippen molar-refractivity contribution in [2.45, 2.75) is 52.1 Å². The minimum absolute atomic E-state index is 0. The molecule has 114 valence electrons. The maximum Gasteiger partial charge on any atom is 0.269 e. The molecule has 1 aliphatic carbocycles. The fraction of sp³-hybridized carbons (Fsp3) is 0.714. The number of halogens is 1. The van der Waals surface area contributed by atoms with Crippen LogP contribution in [0.15, 0.2) is 6.07 Å². The first-order valence-corrected chi connectivity index (χ1v) is 7.14. The Morgan fingerprint density at radius 3 is 2.70 bits per heavy atom. The molecule has 1 unspecified atom stereocenters. The molecule has 0 bridgehead atoms. The molecular formula is C14H25ClN4O. The number of rotatable bonds is 6. The molecule has 1 aliphatic rings. The third-order valence-electron chi connectivity index (χ3n) is 3.65. The summed E-state index contributed by atoms with van der Waals surface area (Å²) in [6.45, 7) is 7.39. The van der Waals surface area contributed by atoms with Crippen LogP contribution < -0.4 is 11.1 Å². The molecule has 0 spiro atoms. The van der Waals surface area contributed by atoms with E-state index in [4.69, 9.17) is 5.73 Å². The van der Waals surface area contributed by atoms with Crippen molar-refractivity contribution >= 4 is 18.3 Å². The second kappa shape index (κ2) is 7.09. The van der Waals surface area contributed by atoms with Gasteiger partial charge in [0, 0.05) is 19.1 Å². The predicted molar refractivity (Wildman–Crippen MR) is 82.3 cm³/mol. The topological polar surface area (TPSA) is 72.9 Å². The Balaban J connectivity index is 0.00000200. The Hall–Kier alpha value is -1.07. The standard InChI is InChI=1S/C14H24N4O.ClH/c1-4-18-13(7-12(17-18)9(2)3)14(19)16-8-11(15)10-5-6-10;/h7,9-11H,4-6,8,15H2,1-3H3,(H,16,19);1H. The van der Waals surface area contributed by atoms with Gasteiger partial charge in [0.25, 0.3) is 5.91 Å². The van der Waals surface area contributed by atoms with Crippen molar-refractivity contribution in [1.29, 1.82) is 0 Å². The van der Waals surface area contributed by atoms with Gasteiger partial charge in [-0.05, 0) is 37.7 Å². The van der Waals surface area contributed by atoms with Gasteiger partial charge in [0.1, 0.15) is 5.69 Å². The van der Waals surface area contributed by atoms with E-state index in [1.165, 1.54) is 12.8 Å². The van der Waals surface area contributed by atoms with Crippen molar-refractivity contribution in [2.24, 2.45) is 11.7 Å². The van der Waals surface area contributed by atoms with Crippen molar-refractivity contribution in [3.8, 4) is 0 Å². The SMILES string of the molecule is CCn1nc(C(C)C)cc1C(=O)NCC(N)C1CC1.Cl. The lowest BCUT2D eigenvalue weighted by molar-refractivity contribution is 0.0939. The summed E-state index contributed by atoms with van der Waals surface area (Å²) in [4.78, 5) is 12.2. The number of nitrogens with one attached hydrogen (secondary N) is 1. The number of aryl methyl sites for hydroxylation is 1. The molecule has 5 nitrogen and oxygen atoms in total. The molecule has 1 atom stereocenters. The molecule has 6 heteroatoms. The van der Waals surface area contributed by atoms with Gasteiger partial charge >= 0.3 is 0 Å². The number of carbonyl (C=O) groups is 1. The van der Waals surface area contributed by atoms with Crippen LogP contribution in [0.4, 0.5) is 0 Å². The molecule has 1 saturated carbocycles. The van der Waals surface area contributed by atoms with Crippen LogP contribution in [-0.4, -0.2) is 28.3 Å². The van der Waals surface area contributed by atoms with Gasteiger partial charge in [-0.25, -0.2) is 0 Å². The normalized spacial score (nSPS) is 15.8. The van der Waals surface area contributed by atoms with Crippen LogP contribution in [0.5, 0.6) is 0 Å². The summed E-state index contributed by atoms with van der Waals surface area (Å²) in [5, 5.41) is 7.37. The number of hydrogen-bond donors (Lipinski definition) is 2. The van der Waals surface area contributed by atoms with Gasteiger partial charge in [0.2, 0.25) is 0 Å². The average molecular weight is 301 g/mol. The molecule has 20 heavy (non-hydrogen) atoms. The van der Waals surface area contributed by atoms with E-state index in [1.54, 1.807) is 4.68 Å². The predicted octanol–water partition coefficient (Wildman–Crippen LogP) is 1.92. The number of hydrogen-bond acceptors (Lipinski definition) is 3. The van der Waals surface area contributed by atoms with Crippen LogP contribution in [0.3, 0.4) is 0 Å². The summed E-state index contributed by atoms with van der Waals surface area (Å²) in [5.41, 5.74) is 7.58. The molecule has 1 aromatic heterocycles. The Morgan fingerprint density at radius 1 is 1.55 bits per heavy atom. The summed E-state index contributed by atoms with van der Waals surface area (Å²) in [7, 11) is 0. The fourth-order valence-corrected chi connectivity index (χ4v) is 2.13. The van der Waals surface area contributed by atoms with E-state index < -0.39 is 0 Å². The van der Waals surface area contributed by atoms with Gasteiger partial charge in [-0.3, -0.25) is 9.48 Å². The van der Waals surface area contributed by atoms with E-state index in [0.29, 0.717) is 30.6 Å². The summed E-state index contributed by atoms with van der Waals surface area (Å²) < 4.78 is 1.76. The lowest BCUT2D eigenvalue weighted by atomic mass is 10.1. The molecule has 2 rings (SSSR count). The van der Waals surface area contributed by atoms with Crippen molar-refractivity contribution in [2.75, 3.05) is 6.54 Å². The molecule has 0 aliphatic heterocycles. The van der Waals surface area contributed by atoms with Gasteiger partial charge in [-0.15, -0.1) is 12.4 Å². The molecule has 0 radical (unpaired) electrons. The highest BCUT2D eigenvalue weighted by molar-refractivity contribution is 5.92. The van der Waals surface area contributed by atoms with Crippen LogP contribution in [0.2, 0.25) is 0 Å². The number of nitrogens with two attached hydrogens (primary N) is 1. The van der Waals surface area contributed by atoms with Crippen LogP contribution >= 0.6 is 12.4 Å². The summed E-state index contributed by atoms with van der Waals surface area (Å²) in [5.74, 6) is 0.855. The van der Waals surface area contributed by atoms with Gasteiger partial charge < -0.3 is 11.1 Å². The van der Waals surface area contributed by atoms with Crippen molar-refractivity contribution in [3.05, 3.63) is 17.5 Å². The molecule has 3 N–H and O–H groups in total. The smallest absolute Gasteiger partial charge is 0.269 e. The third-order valence-corrected chi connectivity index (χ3v) is 3.65. The van der Waals surface area contributed by atoms with Gasteiger partial charge in [-0.2, -0.15) is 5.10 Å². The highest BCUT2D eigenvalue weighted by Gasteiger charge is 2.28. The zero-order valence-electron chi connectivity index (χ0n) is 12.4. The summed E-state index contributed by atoms with van der Waals surface area (Å²) in [6.07, 6.45) is 2.39. The highest BCUT2D eigenvalue weighted by Crippen LogP contribution is 2.31. The first kappa shape index (κ1) is 17.0. The van der Waals surface area contributed by atoms with Gasteiger partial charge in [-0.1, -0.05) is 13.8 Å². The van der Waals surface area contributed by atoms with E-state index in [1.807, 2.05) is 13.0 Å². The second-order valence-corrected chi connectivity index (χ2v) is 5.64. The molecule has 0 aromatic carbocycles. The van der Waals surface area contributed by atoms with Crippen molar-refractivity contribution < 1.29 is 4.79 Å². The van der Waals surface area contributed by atoms with Gasteiger partial charge in [0.05, 0.1) is 5.69 Å². The second-order valence-electron chi connectivity index (χ2n) is 5.64. The minimum Gasteiger partial charge on any atom is -0.349 e. The van der Waals surface area contributed by atoms with E-state index in [-0.39, 0.29) is 24.4 Å². The molecular weight excluding hydrogens is 276 g/mol. The molecule has 0 saturated heterocycles. The first-order valence-electron chi connectivity index (χ1n) is 7.14. The van der Waals surface area contributed by atoms with Crippen LogP contribution in [0.1, 0.15) is 55.7 Å². The van der Waals surface area contributed by atoms with E-state index in [0.717, 1.165) is 5.69 Å². The van der Waals surface area contributed by atoms with Crippen molar-refractivity contribution in [1.82, 2.24) is 15.1 Å². The van der Waals surface area contributed by atoms with E-state index in [9.17, 15) is 4.79 Å². The fourth-order valence-electron chi connectivity index (χ4n) is 2.13. The summed E-state index contributed by atoms with van der Waals surface area (Å²) >= 11 is 0. The quantitative estimate of drug-likeness (QED) is 0.843. The zero-order chi connectivity index (χ0) is 14.0. The Bertz CT molecular complexity index is 454. The Labute approximate surface area is 126 Å². The third kappa shape index (κ3) is 3.96. The number of aromatic nitrogens is 2. The monoisotopic (exact) mass is 300 g/mol. The number of nitrogens with zero attached hydrogens (tertiary/aromatic N) is 2. The number of carbonyl (C=O) groups excluding carboxylic acids is 1. The minimum atomic E-state index is -0.0719. The first-order chi connectivity index (χ1) is 9.02. The van der Waals surface area contributed by atoms with E-state index >= 15 is 0 Å². The molecule has 1 amide bonds. The molecule has 1 heterocycles. The lowest BCUT2D eigenvalue weighted by Gasteiger charge is -2.11. The van der Waals surface area contributed by atoms with Crippen LogP contribution in [0.25, 0.3) is 0 Å². The van der Waals surface area contributed by atoms with Crippen LogP contribution in [-0.2, 0) is 6.54 Å². The zero-order valence-corrected chi connectivity index (χ0v) is 13.2. The van der Waals surface area contributed by atoms with Crippen molar-refractivity contribution in [3.63, 3.8) is 0 Å². The molecule has 1 aromatic rings. The largest absolute Gasteiger partial charge is 0.349 e.